The molecule has 0 aliphatic rings. The molecule has 0 aliphatic carbocycles. The zero-order valence-electron chi connectivity index (χ0n) is 7.79. The molecular weight excluding hydrogens is 334 g/mol. The summed E-state index contributed by atoms with van der Waals surface area (Å²) in [5.74, 6) is -1.66. The molecule has 1 rings (SSSR count). The van der Waals surface area contributed by atoms with Gasteiger partial charge in [-0.25, -0.2) is 0 Å². The summed E-state index contributed by atoms with van der Waals surface area (Å²) in [6.45, 7) is 0. The predicted octanol–water partition coefficient (Wildman–Crippen LogP) is 4.53. The molecule has 1 aromatic rings. The van der Waals surface area contributed by atoms with E-state index in [1.54, 1.807) is 0 Å². The lowest BCUT2D eigenvalue weighted by Crippen LogP contribution is -2.21. The van der Waals surface area contributed by atoms with Crippen LogP contribution in [0.5, 0.6) is 0 Å². The fourth-order valence-corrected chi connectivity index (χ4v) is 1.57. The van der Waals surface area contributed by atoms with Gasteiger partial charge in [-0.1, -0.05) is 17.7 Å². The molecule has 0 saturated heterocycles. The van der Waals surface area contributed by atoms with Crippen molar-refractivity contribution < 1.29 is 26.7 Å². The fourth-order valence-electron chi connectivity index (χ4n) is 1.05. The van der Waals surface area contributed by atoms with Gasteiger partial charge in [0.2, 0.25) is 5.78 Å². The van der Waals surface area contributed by atoms with E-state index in [0.717, 1.165) is 0 Å². The van der Waals surface area contributed by atoms with E-state index in [9.17, 15) is 26.7 Å². The highest BCUT2D eigenvalue weighted by Gasteiger charge is 2.38. The monoisotopic (exact) mass is 336 g/mol. The largest absolute Gasteiger partial charge is 0.417 e. The maximum atomic E-state index is 12.6. The molecule has 0 saturated carbocycles. The van der Waals surface area contributed by atoms with Crippen LogP contribution >= 0.6 is 27.5 Å². The Labute approximate surface area is 106 Å². The molecule has 0 aliphatic heterocycles. The summed E-state index contributed by atoms with van der Waals surface area (Å²) in [7, 11) is 0. The molecule has 0 bridgehead atoms. The van der Waals surface area contributed by atoms with E-state index in [2.05, 4.69) is 0 Å². The van der Waals surface area contributed by atoms with Gasteiger partial charge in [0, 0.05) is 5.56 Å². The molecule has 0 spiro atoms. The van der Waals surface area contributed by atoms with E-state index >= 15 is 0 Å². The standard InChI is InChI=1S/C9H3BrClF5O/c10-8(12,13)7(17)4-1-2-5(6(11)3-4)9(14,15)16/h1-3H. The van der Waals surface area contributed by atoms with Crippen molar-refractivity contribution in [3.8, 4) is 0 Å². The lowest BCUT2D eigenvalue weighted by atomic mass is 10.1. The molecular formula is C9H3BrClF5O. The molecule has 0 radical (unpaired) electrons. The summed E-state index contributed by atoms with van der Waals surface area (Å²) in [5, 5.41) is -0.805. The van der Waals surface area contributed by atoms with E-state index < -0.39 is 32.9 Å². The Morgan fingerprint density at radius 3 is 2.06 bits per heavy atom. The molecule has 1 aromatic carbocycles. The Morgan fingerprint density at radius 2 is 1.71 bits per heavy atom. The van der Waals surface area contributed by atoms with E-state index in [1.807, 2.05) is 15.9 Å². The zero-order chi connectivity index (χ0) is 13.4. The molecule has 0 heterocycles. The smallest absolute Gasteiger partial charge is 0.286 e. The van der Waals surface area contributed by atoms with Crippen LogP contribution in [0.25, 0.3) is 0 Å². The Kier molecular flexibility index (Phi) is 3.83. The number of benzene rings is 1. The van der Waals surface area contributed by atoms with Crippen LogP contribution in [0.2, 0.25) is 5.02 Å². The Morgan fingerprint density at radius 1 is 1.18 bits per heavy atom. The van der Waals surface area contributed by atoms with Crippen LogP contribution in [0.15, 0.2) is 18.2 Å². The number of halogens is 7. The molecule has 17 heavy (non-hydrogen) atoms. The van der Waals surface area contributed by atoms with Crippen LogP contribution in [0.4, 0.5) is 22.0 Å². The lowest BCUT2D eigenvalue weighted by Gasteiger charge is -2.11. The fraction of sp³-hybridized carbons (Fsp3) is 0.222. The van der Waals surface area contributed by atoms with Crippen molar-refractivity contribution >= 4 is 33.3 Å². The first kappa shape index (κ1) is 14.4. The van der Waals surface area contributed by atoms with Gasteiger partial charge < -0.3 is 0 Å². The van der Waals surface area contributed by atoms with Crippen LogP contribution in [0.1, 0.15) is 15.9 Å². The molecule has 0 atom stereocenters. The second-order valence-corrected chi connectivity index (χ2v) is 4.42. The third-order valence-electron chi connectivity index (χ3n) is 1.79. The van der Waals surface area contributed by atoms with Crippen molar-refractivity contribution in [2.75, 3.05) is 0 Å². The third-order valence-corrected chi connectivity index (χ3v) is 2.47. The van der Waals surface area contributed by atoms with Crippen molar-refractivity contribution in [2.45, 2.75) is 11.0 Å². The van der Waals surface area contributed by atoms with Crippen molar-refractivity contribution in [1.82, 2.24) is 0 Å². The van der Waals surface area contributed by atoms with Gasteiger partial charge in [0.15, 0.2) is 0 Å². The van der Waals surface area contributed by atoms with Crippen LogP contribution in [0, 0.1) is 0 Å². The number of ketones is 1. The zero-order valence-corrected chi connectivity index (χ0v) is 10.1. The molecule has 1 nitrogen and oxygen atoms in total. The van der Waals surface area contributed by atoms with E-state index in [4.69, 9.17) is 11.6 Å². The molecule has 0 N–H and O–H groups in total. The lowest BCUT2D eigenvalue weighted by molar-refractivity contribution is -0.137. The van der Waals surface area contributed by atoms with Gasteiger partial charge >= 0.3 is 11.0 Å². The quantitative estimate of drug-likeness (QED) is 0.440. The van der Waals surface area contributed by atoms with Crippen LogP contribution in [0.3, 0.4) is 0 Å². The van der Waals surface area contributed by atoms with Gasteiger partial charge in [0.25, 0.3) is 0 Å². The summed E-state index contributed by atoms with van der Waals surface area (Å²) >= 11 is 7.09. The van der Waals surface area contributed by atoms with Gasteiger partial charge in [0.05, 0.1) is 10.6 Å². The van der Waals surface area contributed by atoms with Crippen LogP contribution < -0.4 is 0 Å². The molecule has 94 valence electrons. The first-order chi connectivity index (χ1) is 7.53. The van der Waals surface area contributed by atoms with Crippen LogP contribution in [-0.2, 0) is 6.18 Å². The van der Waals surface area contributed by atoms with Crippen molar-refractivity contribution in [2.24, 2.45) is 0 Å². The highest BCUT2D eigenvalue weighted by molar-refractivity contribution is 9.10. The molecule has 8 heteroatoms. The minimum Gasteiger partial charge on any atom is -0.286 e. The minimum absolute atomic E-state index is 0.480. The highest BCUT2D eigenvalue weighted by Crippen LogP contribution is 2.36. The van der Waals surface area contributed by atoms with Crippen LogP contribution in [-0.4, -0.2) is 10.6 Å². The van der Waals surface area contributed by atoms with Crippen molar-refractivity contribution in [3.63, 3.8) is 0 Å². The Bertz CT molecular complexity index is 452. The maximum absolute atomic E-state index is 12.6. The summed E-state index contributed by atoms with van der Waals surface area (Å²) in [6, 6.07) is 1.68. The van der Waals surface area contributed by atoms with E-state index in [1.165, 1.54) is 0 Å². The second-order valence-electron chi connectivity index (χ2n) is 3.02. The van der Waals surface area contributed by atoms with E-state index in [-0.39, 0.29) is 0 Å². The summed E-state index contributed by atoms with van der Waals surface area (Å²) in [6.07, 6.45) is -4.70. The molecule has 0 fully saturated rings. The minimum atomic E-state index is -4.70. The second kappa shape index (κ2) is 4.53. The number of rotatable bonds is 2. The highest BCUT2D eigenvalue weighted by atomic mass is 79.9. The Balaban J connectivity index is 3.19. The summed E-state index contributed by atoms with van der Waals surface area (Å²) in [5.41, 5.74) is -1.79. The summed E-state index contributed by atoms with van der Waals surface area (Å²) < 4.78 is 62.0. The van der Waals surface area contributed by atoms with Crippen molar-refractivity contribution in [1.29, 1.82) is 0 Å². The average molecular weight is 337 g/mol. The summed E-state index contributed by atoms with van der Waals surface area (Å²) in [4.78, 5) is 7.21. The van der Waals surface area contributed by atoms with Gasteiger partial charge in [-0.05, 0) is 28.1 Å². The normalized spacial score (nSPS) is 12.6. The number of carbonyl (C=O) groups is 1. The number of Topliss-reactive ketones (excluding diaryl/α,β-unsaturated/α-hetero) is 1. The maximum Gasteiger partial charge on any atom is 0.417 e. The molecule has 0 amide bonds. The van der Waals surface area contributed by atoms with Gasteiger partial charge in [-0.2, -0.15) is 22.0 Å². The third kappa shape index (κ3) is 3.38. The van der Waals surface area contributed by atoms with E-state index in [0.29, 0.717) is 18.2 Å². The number of hydrogen-bond acceptors (Lipinski definition) is 1. The first-order valence-corrected chi connectivity index (χ1v) is 5.19. The van der Waals surface area contributed by atoms with Crippen molar-refractivity contribution in [3.05, 3.63) is 34.3 Å². The van der Waals surface area contributed by atoms with Gasteiger partial charge in [-0.15, -0.1) is 0 Å². The predicted molar refractivity (Wildman–Crippen MR) is 54.7 cm³/mol. The topological polar surface area (TPSA) is 17.1 Å². The molecule has 0 aromatic heterocycles. The number of hydrogen-bond donors (Lipinski definition) is 0. The number of carbonyl (C=O) groups excluding carboxylic acids is 1. The Hall–Kier alpha value is -0.690. The number of alkyl halides is 6. The molecule has 0 unspecified atom stereocenters. The first-order valence-electron chi connectivity index (χ1n) is 4.02. The average Bonchev–Trinajstić information content (AvgIpc) is 2.12. The van der Waals surface area contributed by atoms with Gasteiger partial charge in [0.1, 0.15) is 0 Å². The van der Waals surface area contributed by atoms with Gasteiger partial charge in [-0.3, -0.25) is 4.79 Å². The SMILES string of the molecule is O=C(c1ccc(C(F)(F)F)c(Cl)c1)C(F)(F)Br.